The number of carbonyl (C=O) groups excluding carboxylic acids is 1. The Morgan fingerprint density at radius 3 is 3.00 bits per heavy atom. The highest BCUT2D eigenvalue weighted by Gasteiger charge is 2.20. The van der Waals surface area contributed by atoms with Gasteiger partial charge in [0.05, 0.1) is 19.0 Å². The number of aromatic nitrogens is 2. The first kappa shape index (κ1) is 13.9. The predicted octanol–water partition coefficient (Wildman–Crippen LogP) is 1.28. The number of hydrogen-bond acceptors (Lipinski definition) is 5. The van der Waals surface area contributed by atoms with E-state index in [0.29, 0.717) is 5.69 Å². The van der Waals surface area contributed by atoms with Crippen molar-refractivity contribution in [3.63, 3.8) is 0 Å². The van der Waals surface area contributed by atoms with E-state index >= 15 is 0 Å². The number of halogens is 1. The normalized spacial score (nSPS) is 14.2. The van der Waals surface area contributed by atoms with Crippen molar-refractivity contribution in [2.45, 2.75) is 25.8 Å². The quantitative estimate of drug-likeness (QED) is 0.797. The standard InChI is InChI=1S/C12H16ClN3O3/c1-19-10(17)7-16-12(18)11(13)9(6-15-16)14-5-4-8-2-3-8/h6,8,14H,2-5,7H2,1H3. The van der Waals surface area contributed by atoms with Crippen LogP contribution in [0.3, 0.4) is 0 Å². The van der Waals surface area contributed by atoms with Crippen LogP contribution in [0.4, 0.5) is 5.69 Å². The molecule has 1 saturated carbocycles. The van der Waals surface area contributed by atoms with Crippen LogP contribution in [0.5, 0.6) is 0 Å². The summed E-state index contributed by atoms with van der Waals surface area (Å²) in [4.78, 5) is 23.0. The van der Waals surface area contributed by atoms with Gasteiger partial charge in [-0.2, -0.15) is 5.10 Å². The van der Waals surface area contributed by atoms with E-state index in [-0.39, 0.29) is 11.6 Å². The molecular weight excluding hydrogens is 270 g/mol. The van der Waals surface area contributed by atoms with E-state index in [1.54, 1.807) is 0 Å². The van der Waals surface area contributed by atoms with Gasteiger partial charge < -0.3 is 10.1 Å². The van der Waals surface area contributed by atoms with Crippen LogP contribution in [0, 0.1) is 5.92 Å². The number of hydrogen-bond donors (Lipinski definition) is 1. The molecule has 1 heterocycles. The molecule has 1 N–H and O–H groups in total. The summed E-state index contributed by atoms with van der Waals surface area (Å²) in [5, 5.41) is 7.04. The highest BCUT2D eigenvalue weighted by molar-refractivity contribution is 6.32. The van der Waals surface area contributed by atoms with Crippen LogP contribution in [0.15, 0.2) is 11.0 Å². The SMILES string of the molecule is COC(=O)Cn1ncc(NCCC2CC2)c(Cl)c1=O. The minimum atomic E-state index is -0.542. The second-order valence-electron chi connectivity index (χ2n) is 4.57. The molecule has 1 aromatic heterocycles. The lowest BCUT2D eigenvalue weighted by atomic mass is 10.3. The van der Waals surface area contributed by atoms with Crippen LogP contribution in [-0.4, -0.2) is 29.4 Å². The Bertz CT molecular complexity index is 525. The maximum Gasteiger partial charge on any atom is 0.327 e. The summed E-state index contributed by atoms with van der Waals surface area (Å²) < 4.78 is 5.47. The average molecular weight is 286 g/mol. The summed E-state index contributed by atoms with van der Waals surface area (Å²) in [6, 6.07) is 0. The molecule has 19 heavy (non-hydrogen) atoms. The van der Waals surface area contributed by atoms with Crippen LogP contribution < -0.4 is 10.9 Å². The zero-order chi connectivity index (χ0) is 13.8. The van der Waals surface area contributed by atoms with Gasteiger partial charge in [0.15, 0.2) is 0 Å². The minimum Gasteiger partial charge on any atom is -0.468 e. The molecule has 1 aliphatic rings. The average Bonchev–Trinajstić information content (AvgIpc) is 3.21. The molecule has 0 radical (unpaired) electrons. The number of nitrogens with zero attached hydrogens (tertiary/aromatic N) is 2. The van der Waals surface area contributed by atoms with Crippen LogP contribution >= 0.6 is 11.6 Å². The van der Waals surface area contributed by atoms with Crippen LogP contribution in [0.2, 0.25) is 5.02 Å². The molecule has 7 heteroatoms. The topological polar surface area (TPSA) is 73.2 Å². The van der Waals surface area contributed by atoms with Crippen molar-refractivity contribution >= 4 is 23.3 Å². The third-order valence-corrected chi connectivity index (χ3v) is 3.42. The number of carbonyl (C=O) groups is 1. The molecule has 2 rings (SSSR count). The van der Waals surface area contributed by atoms with Crippen LogP contribution in [0.1, 0.15) is 19.3 Å². The fraction of sp³-hybridized carbons (Fsp3) is 0.583. The monoisotopic (exact) mass is 285 g/mol. The van der Waals surface area contributed by atoms with Gasteiger partial charge >= 0.3 is 5.97 Å². The van der Waals surface area contributed by atoms with Crippen molar-refractivity contribution < 1.29 is 9.53 Å². The van der Waals surface area contributed by atoms with Gasteiger partial charge in [0.25, 0.3) is 5.56 Å². The minimum absolute atomic E-state index is 0.0506. The van der Waals surface area contributed by atoms with E-state index in [2.05, 4.69) is 15.2 Å². The maximum atomic E-state index is 11.9. The molecule has 1 aromatic rings. The Hall–Kier alpha value is -1.56. The molecular formula is C12H16ClN3O3. The number of methoxy groups -OCH3 is 1. The number of nitrogens with one attached hydrogen (secondary N) is 1. The number of esters is 1. The Balaban J connectivity index is 2.02. The maximum absolute atomic E-state index is 11.9. The summed E-state index contributed by atoms with van der Waals surface area (Å²) >= 11 is 5.97. The summed E-state index contributed by atoms with van der Waals surface area (Å²) in [6.07, 6.45) is 5.10. The first-order valence-corrected chi connectivity index (χ1v) is 6.56. The number of anilines is 1. The van der Waals surface area contributed by atoms with E-state index in [1.165, 1.54) is 26.1 Å². The van der Waals surface area contributed by atoms with E-state index in [4.69, 9.17) is 11.6 Å². The van der Waals surface area contributed by atoms with Gasteiger partial charge in [0, 0.05) is 6.54 Å². The Morgan fingerprint density at radius 2 is 2.37 bits per heavy atom. The molecule has 0 aliphatic heterocycles. The van der Waals surface area contributed by atoms with Crippen molar-refractivity contribution in [1.82, 2.24) is 9.78 Å². The van der Waals surface area contributed by atoms with Gasteiger partial charge in [0.1, 0.15) is 11.6 Å². The molecule has 0 spiro atoms. The highest BCUT2D eigenvalue weighted by atomic mass is 35.5. The summed E-state index contributed by atoms with van der Waals surface area (Å²) in [5.74, 6) is 0.263. The van der Waals surface area contributed by atoms with E-state index in [0.717, 1.165) is 23.6 Å². The molecule has 0 unspecified atom stereocenters. The molecule has 0 aromatic carbocycles. The zero-order valence-corrected chi connectivity index (χ0v) is 11.4. The third kappa shape index (κ3) is 3.70. The molecule has 0 amide bonds. The van der Waals surface area contributed by atoms with E-state index < -0.39 is 11.5 Å². The Morgan fingerprint density at radius 1 is 1.63 bits per heavy atom. The summed E-state index contributed by atoms with van der Waals surface area (Å²) in [5.41, 5.74) is 0.0110. The highest BCUT2D eigenvalue weighted by Crippen LogP contribution is 2.32. The molecule has 0 atom stereocenters. The lowest BCUT2D eigenvalue weighted by molar-refractivity contribution is -0.141. The van der Waals surface area contributed by atoms with Crippen LogP contribution in [-0.2, 0) is 16.1 Å². The number of ether oxygens (including phenoxy) is 1. The molecule has 1 aliphatic carbocycles. The molecule has 6 nitrogen and oxygen atoms in total. The summed E-state index contributed by atoms with van der Waals surface area (Å²) in [6.45, 7) is 0.532. The van der Waals surface area contributed by atoms with Crippen molar-refractivity contribution in [3.8, 4) is 0 Å². The second-order valence-corrected chi connectivity index (χ2v) is 4.95. The Labute approximate surface area is 115 Å². The van der Waals surface area contributed by atoms with Crippen LogP contribution in [0.25, 0.3) is 0 Å². The zero-order valence-electron chi connectivity index (χ0n) is 10.7. The predicted molar refractivity (Wildman–Crippen MR) is 71.4 cm³/mol. The lowest BCUT2D eigenvalue weighted by Gasteiger charge is -2.09. The van der Waals surface area contributed by atoms with Gasteiger partial charge in [0.2, 0.25) is 0 Å². The van der Waals surface area contributed by atoms with Gasteiger partial charge in [-0.1, -0.05) is 24.4 Å². The van der Waals surface area contributed by atoms with E-state index in [1.807, 2.05) is 0 Å². The molecule has 0 saturated heterocycles. The molecule has 104 valence electrons. The smallest absolute Gasteiger partial charge is 0.327 e. The Kier molecular flexibility index (Phi) is 4.42. The van der Waals surface area contributed by atoms with Gasteiger partial charge in [-0.25, -0.2) is 4.68 Å². The third-order valence-electron chi connectivity index (χ3n) is 3.06. The fourth-order valence-corrected chi connectivity index (χ4v) is 1.92. The first-order chi connectivity index (χ1) is 9.11. The number of rotatable bonds is 6. The van der Waals surface area contributed by atoms with Gasteiger partial charge in [-0.3, -0.25) is 9.59 Å². The van der Waals surface area contributed by atoms with Crippen molar-refractivity contribution in [1.29, 1.82) is 0 Å². The molecule has 1 fully saturated rings. The first-order valence-electron chi connectivity index (χ1n) is 6.18. The van der Waals surface area contributed by atoms with E-state index in [9.17, 15) is 9.59 Å². The largest absolute Gasteiger partial charge is 0.468 e. The second kappa shape index (κ2) is 6.06. The lowest BCUT2D eigenvalue weighted by Crippen LogP contribution is -2.28. The van der Waals surface area contributed by atoms with Gasteiger partial charge in [-0.05, 0) is 12.3 Å². The summed E-state index contributed by atoms with van der Waals surface area (Å²) in [7, 11) is 1.25. The van der Waals surface area contributed by atoms with Crippen molar-refractivity contribution in [2.24, 2.45) is 5.92 Å². The molecule has 0 bridgehead atoms. The fourth-order valence-electron chi connectivity index (χ4n) is 1.71. The van der Waals surface area contributed by atoms with Gasteiger partial charge in [-0.15, -0.1) is 0 Å². The van der Waals surface area contributed by atoms with Crippen molar-refractivity contribution in [2.75, 3.05) is 19.0 Å². The van der Waals surface area contributed by atoms with Crippen molar-refractivity contribution in [3.05, 3.63) is 21.6 Å².